The monoisotopic (exact) mass is 588 g/mol. The van der Waals surface area contributed by atoms with Crippen LogP contribution < -0.4 is 10.6 Å². The van der Waals surface area contributed by atoms with E-state index in [1.165, 1.54) is 7.05 Å². The number of aliphatic hydroxyl groups is 1. The summed E-state index contributed by atoms with van der Waals surface area (Å²) in [5.41, 5.74) is 0.327. The topological polar surface area (TPSA) is 79.2 Å². The lowest BCUT2D eigenvalue weighted by Crippen LogP contribution is -2.50. The van der Waals surface area contributed by atoms with Crippen LogP contribution in [0.4, 0.5) is 22.0 Å². The summed E-state index contributed by atoms with van der Waals surface area (Å²) in [4.78, 5) is 13.3. The van der Waals surface area contributed by atoms with Crippen molar-refractivity contribution in [2.45, 2.75) is 43.1 Å². The summed E-state index contributed by atoms with van der Waals surface area (Å²) in [7, 11) is 1.35. The molecule has 0 bridgehead atoms. The molecule has 6 nitrogen and oxygen atoms in total. The number of amides is 1. The van der Waals surface area contributed by atoms with Crippen LogP contribution in [-0.2, 0) is 25.2 Å². The SMILES string of the molecule is C#Cc1cccc(C2(NC[C@@H](O)[C@H](Cc3cc(F)cc(F)c3)NC(=O)c3cc4c(C(F)(F)F)nn(C)c4s3)CC2)c1. The van der Waals surface area contributed by atoms with E-state index < -0.39 is 47.1 Å². The molecule has 2 aromatic carbocycles. The van der Waals surface area contributed by atoms with E-state index in [0.717, 1.165) is 52.6 Å². The number of carbonyl (C=O) groups excluding carboxylic acids is 1. The summed E-state index contributed by atoms with van der Waals surface area (Å²) in [5.74, 6) is 0.221. The van der Waals surface area contributed by atoms with Gasteiger partial charge in [0.25, 0.3) is 5.91 Å². The third-order valence-corrected chi connectivity index (χ3v) is 8.34. The zero-order valence-corrected chi connectivity index (χ0v) is 22.5. The van der Waals surface area contributed by atoms with Crippen LogP contribution in [0.3, 0.4) is 0 Å². The third-order valence-electron chi connectivity index (χ3n) is 7.14. The molecule has 214 valence electrons. The number of carbonyl (C=O) groups is 1. The fourth-order valence-corrected chi connectivity index (χ4v) is 5.88. The molecule has 0 unspecified atom stereocenters. The van der Waals surface area contributed by atoms with E-state index in [2.05, 4.69) is 21.7 Å². The van der Waals surface area contributed by atoms with E-state index in [-0.39, 0.29) is 33.6 Å². The molecule has 4 aromatic rings. The molecular weight excluding hydrogens is 563 g/mol. The standard InChI is InChI=1S/C29H25F5N4O2S/c1-3-16-5-4-6-18(9-16)28(7-8-28)35-15-23(39)22(12-17-10-19(30)13-20(31)11-17)36-26(40)24-14-21-25(29(32,33)34)37-38(2)27(21)41-24/h1,4-6,9-11,13-14,22-23,35,39H,7-8,12,15H2,2H3,(H,36,40)/t22-,23+/m0/s1. The molecule has 1 aliphatic rings. The Morgan fingerprint density at radius 1 is 1.20 bits per heavy atom. The number of nitrogens with zero attached hydrogens (tertiary/aromatic N) is 2. The molecule has 1 aliphatic carbocycles. The van der Waals surface area contributed by atoms with Crippen LogP contribution in [-0.4, -0.2) is 39.5 Å². The van der Waals surface area contributed by atoms with Crippen molar-refractivity contribution in [2.75, 3.05) is 6.54 Å². The van der Waals surface area contributed by atoms with Gasteiger partial charge in [-0.15, -0.1) is 17.8 Å². The maximum absolute atomic E-state index is 13.9. The predicted octanol–water partition coefficient (Wildman–Crippen LogP) is 4.89. The van der Waals surface area contributed by atoms with Crippen molar-refractivity contribution in [3.8, 4) is 12.3 Å². The number of aromatic nitrogens is 2. The lowest BCUT2D eigenvalue weighted by Gasteiger charge is -2.27. The third kappa shape index (κ3) is 6.12. The minimum absolute atomic E-state index is 0.0115. The van der Waals surface area contributed by atoms with Crippen molar-refractivity contribution in [1.29, 1.82) is 0 Å². The molecule has 1 amide bonds. The van der Waals surface area contributed by atoms with E-state index in [4.69, 9.17) is 6.42 Å². The lowest BCUT2D eigenvalue weighted by molar-refractivity contribution is -0.140. The number of alkyl halides is 3. The molecule has 0 spiro atoms. The first kappa shape index (κ1) is 28.7. The molecule has 2 atom stereocenters. The lowest BCUT2D eigenvalue weighted by atomic mass is 9.98. The number of fused-ring (bicyclic) bond motifs is 1. The van der Waals surface area contributed by atoms with Crippen LogP contribution in [0, 0.1) is 24.0 Å². The van der Waals surface area contributed by atoms with Gasteiger partial charge in [-0.1, -0.05) is 18.1 Å². The Labute approximate surface area is 236 Å². The van der Waals surface area contributed by atoms with Crippen LogP contribution >= 0.6 is 11.3 Å². The minimum atomic E-state index is -4.71. The average Bonchev–Trinajstić information content (AvgIpc) is 3.46. The zero-order chi connectivity index (χ0) is 29.5. The van der Waals surface area contributed by atoms with Crippen LogP contribution in [0.2, 0.25) is 0 Å². The van der Waals surface area contributed by atoms with E-state index in [1.807, 2.05) is 18.2 Å². The number of aryl methyl sites for hydroxylation is 1. The molecule has 2 heterocycles. The smallest absolute Gasteiger partial charge is 0.390 e. The number of terminal acetylenes is 1. The number of nitrogens with one attached hydrogen (secondary N) is 2. The summed E-state index contributed by atoms with van der Waals surface area (Å²) in [6.45, 7) is 0.0115. The van der Waals surface area contributed by atoms with Crippen molar-refractivity contribution in [3.63, 3.8) is 0 Å². The number of thiophene rings is 1. The second-order valence-corrected chi connectivity index (χ2v) is 11.1. The van der Waals surface area contributed by atoms with Gasteiger partial charge < -0.3 is 15.7 Å². The minimum Gasteiger partial charge on any atom is -0.390 e. The maximum atomic E-state index is 13.9. The first-order chi connectivity index (χ1) is 19.4. The highest BCUT2D eigenvalue weighted by Crippen LogP contribution is 2.45. The first-order valence-electron chi connectivity index (χ1n) is 12.7. The van der Waals surface area contributed by atoms with Gasteiger partial charge in [-0.25, -0.2) is 8.78 Å². The summed E-state index contributed by atoms with van der Waals surface area (Å²) < 4.78 is 69.2. The van der Waals surface area contributed by atoms with Crippen molar-refractivity contribution in [2.24, 2.45) is 7.05 Å². The molecule has 3 N–H and O–H groups in total. The Balaban J connectivity index is 1.38. The van der Waals surface area contributed by atoms with Gasteiger partial charge in [-0.05, 0) is 60.7 Å². The number of benzene rings is 2. The number of halogens is 5. The van der Waals surface area contributed by atoms with Gasteiger partial charge in [0.15, 0.2) is 5.69 Å². The van der Waals surface area contributed by atoms with E-state index in [0.29, 0.717) is 11.6 Å². The van der Waals surface area contributed by atoms with Crippen LogP contribution in [0.25, 0.3) is 10.2 Å². The zero-order valence-electron chi connectivity index (χ0n) is 21.7. The van der Waals surface area contributed by atoms with E-state index in [1.54, 1.807) is 6.07 Å². The Morgan fingerprint density at radius 3 is 2.54 bits per heavy atom. The molecule has 1 saturated carbocycles. The average molecular weight is 589 g/mol. The molecule has 0 aliphatic heterocycles. The molecule has 41 heavy (non-hydrogen) atoms. The Hall–Kier alpha value is -3.79. The second-order valence-electron chi connectivity index (χ2n) is 10.1. The van der Waals surface area contributed by atoms with Crippen LogP contribution in [0.5, 0.6) is 0 Å². The van der Waals surface area contributed by atoms with E-state index >= 15 is 0 Å². The van der Waals surface area contributed by atoms with Gasteiger partial charge >= 0.3 is 6.18 Å². The second kappa shape index (κ2) is 10.9. The number of aliphatic hydroxyl groups excluding tert-OH is 1. The number of hydrogen-bond donors (Lipinski definition) is 3. The molecular formula is C29H25F5N4O2S. The van der Waals surface area contributed by atoms with Crippen molar-refractivity contribution < 1.29 is 31.9 Å². The Kier molecular flexibility index (Phi) is 7.63. The normalized spacial score (nSPS) is 15.9. The highest BCUT2D eigenvalue weighted by molar-refractivity contribution is 7.20. The summed E-state index contributed by atoms with van der Waals surface area (Å²) in [6, 6.07) is 10.4. The van der Waals surface area contributed by atoms with E-state index in [9.17, 15) is 31.9 Å². The number of hydrogen-bond acceptors (Lipinski definition) is 5. The Morgan fingerprint density at radius 2 is 1.90 bits per heavy atom. The largest absolute Gasteiger partial charge is 0.435 e. The molecule has 1 fully saturated rings. The van der Waals surface area contributed by atoms with Crippen molar-refractivity contribution >= 4 is 27.5 Å². The first-order valence-corrected chi connectivity index (χ1v) is 13.5. The summed E-state index contributed by atoms with van der Waals surface area (Å²) in [6.07, 6.45) is 1.04. The van der Waals surface area contributed by atoms with Crippen molar-refractivity contribution in [3.05, 3.63) is 87.4 Å². The van der Waals surface area contributed by atoms with Gasteiger partial charge in [-0.3, -0.25) is 9.48 Å². The fourth-order valence-electron chi connectivity index (χ4n) is 4.91. The fraction of sp³-hybridized carbons (Fsp3) is 0.310. The van der Waals surface area contributed by atoms with Crippen LogP contribution in [0.1, 0.15) is 44.9 Å². The molecule has 2 aromatic heterocycles. The van der Waals surface area contributed by atoms with Gasteiger partial charge in [0, 0.05) is 36.1 Å². The quantitative estimate of drug-likeness (QED) is 0.192. The van der Waals surface area contributed by atoms with Gasteiger partial charge in [-0.2, -0.15) is 18.3 Å². The molecule has 12 heteroatoms. The predicted molar refractivity (Wildman–Crippen MR) is 144 cm³/mol. The van der Waals surface area contributed by atoms with Crippen LogP contribution in [0.15, 0.2) is 48.5 Å². The summed E-state index contributed by atoms with van der Waals surface area (Å²) in [5, 5.41) is 20.5. The number of rotatable bonds is 9. The molecule has 0 radical (unpaired) electrons. The van der Waals surface area contributed by atoms with Gasteiger partial charge in [0.2, 0.25) is 0 Å². The van der Waals surface area contributed by atoms with Crippen molar-refractivity contribution in [1.82, 2.24) is 20.4 Å². The maximum Gasteiger partial charge on any atom is 0.435 e. The molecule has 5 rings (SSSR count). The highest BCUT2D eigenvalue weighted by atomic mass is 32.1. The van der Waals surface area contributed by atoms with Gasteiger partial charge in [0.05, 0.1) is 17.0 Å². The Bertz CT molecular complexity index is 1630. The summed E-state index contributed by atoms with van der Waals surface area (Å²) >= 11 is 0.817. The highest BCUT2D eigenvalue weighted by Gasteiger charge is 2.44. The molecule has 0 saturated heterocycles. The van der Waals surface area contributed by atoms with Gasteiger partial charge in [0.1, 0.15) is 16.5 Å².